The molecule has 0 aromatic heterocycles. The van der Waals surface area contributed by atoms with Crippen LogP contribution in [0.3, 0.4) is 0 Å². The molecule has 2 heterocycles. The molecule has 2 aliphatic heterocycles. The average molecular weight is 447 g/mol. The third-order valence-corrected chi connectivity index (χ3v) is 11.7. The van der Waals surface area contributed by atoms with Crippen LogP contribution in [0.15, 0.2) is 102 Å². The van der Waals surface area contributed by atoms with E-state index in [-0.39, 0.29) is 0 Å². The number of morpholine rings is 1. The maximum atomic E-state index is 5.61. The number of nitrogens with zero attached hydrogens (tertiary/aromatic N) is 2. The first-order chi connectivity index (χ1) is 16.3. The molecule has 0 aliphatic carbocycles. The SMILES string of the molecule is C=c1ccc2c(c1)[Si](c1ccccc1)(c1ccccc1)c1cc(N3CCOCC3)ccc1N=2. The second-order valence-electron chi connectivity index (χ2n) is 8.75. The van der Waals surface area contributed by atoms with Crippen LogP contribution in [0.2, 0.25) is 0 Å². The van der Waals surface area contributed by atoms with Crippen LogP contribution in [0.25, 0.3) is 6.58 Å². The summed E-state index contributed by atoms with van der Waals surface area (Å²) >= 11 is 0. The highest BCUT2D eigenvalue weighted by Gasteiger charge is 2.45. The number of benzene rings is 4. The molecule has 0 unspecified atom stereocenters. The van der Waals surface area contributed by atoms with Crippen molar-refractivity contribution in [2.45, 2.75) is 0 Å². The van der Waals surface area contributed by atoms with Crippen molar-refractivity contribution in [2.75, 3.05) is 31.2 Å². The summed E-state index contributed by atoms with van der Waals surface area (Å²) in [6.07, 6.45) is 0. The van der Waals surface area contributed by atoms with Gasteiger partial charge in [-0.1, -0.05) is 79.4 Å². The fourth-order valence-corrected chi connectivity index (χ4v) is 10.4. The van der Waals surface area contributed by atoms with Gasteiger partial charge in [0.05, 0.1) is 24.3 Å². The van der Waals surface area contributed by atoms with Crippen LogP contribution in [0.4, 0.5) is 11.4 Å². The van der Waals surface area contributed by atoms with E-state index in [9.17, 15) is 0 Å². The predicted molar refractivity (Wildman–Crippen MR) is 139 cm³/mol. The van der Waals surface area contributed by atoms with Gasteiger partial charge in [-0.2, -0.15) is 0 Å². The molecule has 0 saturated carbocycles. The van der Waals surface area contributed by atoms with Crippen LogP contribution in [0.1, 0.15) is 0 Å². The van der Waals surface area contributed by atoms with Gasteiger partial charge < -0.3 is 9.64 Å². The molecule has 3 nitrogen and oxygen atoms in total. The fraction of sp³-hybridized carbons (Fsp3) is 0.138. The molecule has 0 atom stereocenters. The Morgan fingerprint density at radius 3 is 2.06 bits per heavy atom. The summed E-state index contributed by atoms with van der Waals surface area (Å²) in [7, 11) is -2.59. The van der Waals surface area contributed by atoms with Crippen molar-refractivity contribution < 1.29 is 4.74 Å². The molecule has 1 fully saturated rings. The molecule has 0 amide bonds. The van der Waals surface area contributed by atoms with E-state index in [1.165, 1.54) is 26.4 Å². The molecule has 1 saturated heterocycles. The van der Waals surface area contributed by atoms with Gasteiger partial charge in [0.25, 0.3) is 0 Å². The minimum absolute atomic E-state index is 0.773. The average Bonchev–Trinajstić information content (AvgIpc) is 2.89. The molecule has 0 spiro atoms. The monoisotopic (exact) mass is 446 g/mol. The Kier molecular flexibility index (Phi) is 4.97. The van der Waals surface area contributed by atoms with E-state index in [1.807, 2.05) is 0 Å². The predicted octanol–water partition coefficient (Wildman–Crippen LogP) is 1.58. The Morgan fingerprint density at radius 2 is 1.39 bits per heavy atom. The number of hydrogen-bond acceptors (Lipinski definition) is 3. The summed E-state index contributed by atoms with van der Waals surface area (Å²) in [4.78, 5) is 7.58. The first-order valence-electron chi connectivity index (χ1n) is 11.5. The normalized spacial score (nSPS) is 16.4. The lowest BCUT2D eigenvalue weighted by Crippen LogP contribution is -2.79. The quantitative estimate of drug-likeness (QED) is 0.393. The highest BCUT2D eigenvalue weighted by Crippen LogP contribution is 2.24. The molecule has 4 heteroatoms. The van der Waals surface area contributed by atoms with E-state index in [4.69, 9.17) is 9.73 Å². The second-order valence-corrected chi connectivity index (χ2v) is 12.5. The molecule has 162 valence electrons. The van der Waals surface area contributed by atoms with E-state index in [0.29, 0.717) is 0 Å². The molecule has 4 aromatic carbocycles. The maximum absolute atomic E-state index is 5.61. The molecular formula is C29H26N2OSi. The Morgan fingerprint density at radius 1 is 0.727 bits per heavy atom. The lowest BCUT2D eigenvalue weighted by molar-refractivity contribution is 0.122. The molecule has 33 heavy (non-hydrogen) atoms. The third-order valence-electron chi connectivity index (χ3n) is 6.88. The summed E-state index contributed by atoms with van der Waals surface area (Å²) < 4.78 is 5.61. The van der Waals surface area contributed by atoms with Crippen LogP contribution >= 0.6 is 0 Å². The van der Waals surface area contributed by atoms with Gasteiger partial charge in [-0.3, -0.25) is 0 Å². The molecule has 0 bridgehead atoms. The molecule has 4 aromatic rings. The number of anilines is 1. The summed E-state index contributed by atoms with van der Waals surface area (Å²) in [6, 6.07) is 35.4. The van der Waals surface area contributed by atoms with Gasteiger partial charge in [0.1, 0.15) is 0 Å². The topological polar surface area (TPSA) is 24.8 Å². The number of hydrogen-bond donors (Lipinski definition) is 0. The van der Waals surface area contributed by atoms with Gasteiger partial charge >= 0.3 is 0 Å². The van der Waals surface area contributed by atoms with Gasteiger partial charge in [0.2, 0.25) is 0 Å². The smallest absolute Gasteiger partial charge is 0.184 e. The second kappa shape index (κ2) is 8.14. The van der Waals surface area contributed by atoms with Crippen molar-refractivity contribution in [1.82, 2.24) is 0 Å². The van der Waals surface area contributed by atoms with Crippen LogP contribution in [0.5, 0.6) is 0 Å². The number of fused-ring (bicyclic) bond motifs is 2. The number of rotatable bonds is 3. The first-order valence-corrected chi connectivity index (χ1v) is 13.5. The van der Waals surface area contributed by atoms with Crippen molar-refractivity contribution in [2.24, 2.45) is 4.99 Å². The van der Waals surface area contributed by atoms with Gasteiger partial charge in [0.15, 0.2) is 8.07 Å². The Balaban J connectivity index is 1.73. The Hall–Kier alpha value is -3.47. The van der Waals surface area contributed by atoms with Gasteiger partial charge in [-0.25, -0.2) is 4.99 Å². The van der Waals surface area contributed by atoms with Crippen LogP contribution in [-0.2, 0) is 4.74 Å². The Labute approximate surface area is 195 Å². The lowest BCUT2D eigenvalue weighted by atomic mass is 10.2. The lowest BCUT2D eigenvalue weighted by Gasteiger charge is -2.38. The highest BCUT2D eigenvalue weighted by molar-refractivity contribution is 7.20. The van der Waals surface area contributed by atoms with Crippen LogP contribution in [-0.4, -0.2) is 34.4 Å². The van der Waals surface area contributed by atoms with E-state index in [1.54, 1.807) is 0 Å². The van der Waals surface area contributed by atoms with Crippen molar-refractivity contribution in [3.05, 3.63) is 108 Å². The summed E-state index contributed by atoms with van der Waals surface area (Å²) in [5.41, 5.74) is 2.33. The largest absolute Gasteiger partial charge is 0.378 e. The summed E-state index contributed by atoms with van der Waals surface area (Å²) in [5.74, 6) is 0. The fourth-order valence-electron chi connectivity index (χ4n) is 5.36. The van der Waals surface area contributed by atoms with Gasteiger partial charge in [-0.15, -0.1) is 0 Å². The van der Waals surface area contributed by atoms with Crippen LogP contribution in [0, 0.1) is 0 Å². The zero-order valence-corrected chi connectivity index (χ0v) is 19.6. The summed E-state index contributed by atoms with van der Waals surface area (Å²) in [5, 5.41) is 7.51. The first kappa shape index (κ1) is 20.2. The van der Waals surface area contributed by atoms with Gasteiger partial charge in [0, 0.05) is 18.8 Å². The van der Waals surface area contributed by atoms with Crippen molar-refractivity contribution in [3.63, 3.8) is 0 Å². The zero-order chi connectivity index (χ0) is 22.3. The molecular weight excluding hydrogens is 420 g/mol. The van der Waals surface area contributed by atoms with E-state index >= 15 is 0 Å². The van der Waals surface area contributed by atoms with Crippen molar-refractivity contribution in [3.8, 4) is 0 Å². The molecule has 2 aliphatic rings. The van der Waals surface area contributed by atoms with Gasteiger partial charge in [-0.05, 0) is 50.2 Å². The van der Waals surface area contributed by atoms with Crippen molar-refractivity contribution >= 4 is 46.8 Å². The van der Waals surface area contributed by atoms with E-state index in [0.717, 1.165) is 42.6 Å². The Bertz CT molecular complexity index is 1370. The van der Waals surface area contributed by atoms with Crippen molar-refractivity contribution in [1.29, 1.82) is 0 Å². The number of ether oxygens (including phenoxy) is 1. The standard InChI is InChI=1S/C29H26N2OSi/c1-22-12-14-26-28(20-22)33(24-8-4-2-5-9-24,25-10-6-3-7-11-25)29-21-23(13-15-27(29)30-26)31-16-18-32-19-17-31/h2-15,20-21H,1,16-19H2. The molecule has 0 N–H and O–H groups in total. The minimum atomic E-state index is -2.59. The molecule has 6 rings (SSSR count). The van der Waals surface area contributed by atoms with E-state index < -0.39 is 8.07 Å². The van der Waals surface area contributed by atoms with E-state index in [2.05, 4.69) is 109 Å². The maximum Gasteiger partial charge on any atom is 0.184 e. The van der Waals surface area contributed by atoms with Crippen LogP contribution < -0.4 is 36.2 Å². The zero-order valence-electron chi connectivity index (χ0n) is 18.6. The minimum Gasteiger partial charge on any atom is -0.378 e. The summed E-state index contributed by atoms with van der Waals surface area (Å²) in [6.45, 7) is 7.67. The molecule has 0 radical (unpaired) electrons. The third kappa shape index (κ3) is 3.26. The highest BCUT2D eigenvalue weighted by atomic mass is 28.3.